The Hall–Kier alpha value is -1.72. The number of nitrogens with zero attached hydrogens (tertiary/aromatic N) is 2. The highest BCUT2D eigenvalue weighted by molar-refractivity contribution is 7.99. The maximum atomic E-state index is 5.38. The number of thioether (sulfide) groups is 2. The van der Waals surface area contributed by atoms with Gasteiger partial charge in [-0.3, -0.25) is 9.97 Å². The molecule has 0 radical (unpaired) electrons. The zero-order valence-corrected chi connectivity index (χ0v) is 13.9. The van der Waals surface area contributed by atoms with E-state index < -0.39 is 0 Å². The Morgan fingerprint density at radius 3 is 2.64 bits per heavy atom. The maximum absolute atomic E-state index is 5.38. The second-order valence-electron chi connectivity index (χ2n) is 4.72. The Bertz CT molecular complexity index is 715. The third-order valence-electron chi connectivity index (χ3n) is 3.23. The van der Waals surface area contributed by atoms with Gasteiger partial charge in [-0.1, -0.05) is 0 Å². The first-order valence-electron chi connectivity index (χ1n) is 6.95. The molecule has 3 nitrogen and oxygen atoms in total. The van der Waals surface area contributed by atoms with E-state index in [-0.39, 0.29) is 0 Å². The minimum absolute atomic E-state index is 0.842. The summed E-state index contributed by atoms with van der Waals surface area (Å²) >= 11 is 3.57. The summed E-state index contributed by atoms with van der Waals surface area (Å²) in [6.07, 6.45) is 7.24. The molecule has 0 saturated heterocycles. The van der Waals surface area contributed by atoms with Gasteiger partial charge in [-0.25, -0.2) is 0 Å². The van der Waals surface area contributed by atoms with Gasteiger partial charge >= 0.3 is 0 Å². The van der Waals surface area contributed by atoms with Gasteiger partial charge in [0.25, 0.3) is 0 Å². The molecule has 0 bridgehead atoms. The average molecular weight is 328 g/mol. The van der Waals surface area contributed by atoms with Crippen molar-refractivity contribution in [2.24, 2.45) is 0 Å². The quantitative estimate of drug-likeness (QED) is 0.598. The number of hydrogen-bond acceptors (Lipinski definition) is 5. The van der Waals surface area contributed by atoms with Gasteiger partial charge in [0.2, 0.25) is 0 Å². The zero-order valence-electron chi connectivity index (χ0n) is 12.2. The lowest BCUT2D eigenvalue weighted by molar-refractivity contribution is 0.530. The Labute approximate surface area is 138 Å². The van der Waals surface area contributed by atoms with Crippen molar-refractivity contribution < 1.29 is 4.42 Å². The molecular weight excluding hydrogens is 312 g/mol. The van der Waals surface area contributed by atoms with Gasteiger partial charge < -0.3 is 4.42 Å². The van der Waals surface area contributed by atoms with Crippen LogP contribution in [0.4, 0.5) is 0 Å². The second-order valence-corrected chi connectivity index (χ2v) is 6.79. The summed E-state index contributed by atoms with van der Waals surface area (Å²) in [6, 6.07) is 10.0. The summed E-state index contributed by atoms with van der Waals surface area (Å²) in [5.41, 5.74) is 2.38. The van der Waals surface area contributed by atoms with Crippen molar-refractivity contribution in [3.63, 3.8) is 0 Å². The summed E-state index contributed by atoms with van der Waals surface area (Å²) in [7, 11) is 0. The van der Waals surface area contributed by atoms with E-state index in [2.05, 4.69) is 23.0 Å². The first-order valence-corrected chi connectivity index (χ1v) is 8.92. The van der Waals surface area contributed by atoms with Crippen LogP contribution in [-0.4, -0.2) is 9.97 Å². The van der Waals surface area contributed by atoms with E-state index in [4.69, 9.17) is 4.42 Å². The Morgan fingerprint density at radius 2 is 1.86 bits per heavy atom. The van der Waals surface area contributed by atoms with Crippen molar-refractivity contribution in [1.82, 2.24) is 9.97 Å². The van der Waals surface area contributed by atoms with Gasteiger partial charge in [0.05, 0.1) is 17.7 Å². The predicted octanol–water partition coefficient (Wildman–Crippen LogP) is 4.96. The standard InChI is InChI=1S/C17H16N2OS2/c1-13-16(12-21-15-4-7-18-8-5-15)19-9-6-17(13)22-11-14-3-2-10-20-14/h2-10H,11-12H2,1H3. The van der Waals surface area contributed by atoms with E-state index in [1.165, 1.54) is 15.4 Å². The predicted molar refractivity (Wildman–Crippen MR) is 91.0 cm³/mol. The summed E-state index contributed by atoms with van der Waals surface area (Å²) in [6.45, 7) is 2.14. The lowest BCUT2D eigenvalue weighted by Crippen LogP contribution is -1.94. The summed E-state index contributed by atoms with van der Waals surface area (Å²) in [5, 5.41) is 0. The fourth-order valence-electron chi connectivity index (χ4n) is 1.99. The van der Waals surface area contributed by atoms with E-state index in [1.54, 1.807) is 29.8 Å². The molecule has 3 aromatic rings. The smallest absolute Gasteiger partial charge is 0.113 e. The van der Waals surface area contributed by atoms with E-state index in [9.17, 15) is 0 Å². The van der Waals surface area contributed by atoms with Crippen molar-refractivity contribution in [2.75, 3.05) is 0 Å². The molecule has 0 aliphatic carbocycles. The van der Waals surface area contributed by atoms with Crippen LogP contribution in [0.25, 0.3) is 0 Å². The van der Waals surface area contributed by atoms with E-state index in [1.807, 2.05) is 42.9 Å². The first-order chi connectivity index (χ1) is 10.8. The van der Waals surface area contributed by atoms with Crippen LogP contribution in [0.5, 0.6) is 0 Å². The van der Waals surface area contributed by atoms with Crippen molar-refractivity contribution in [3.8, 4) is 0 Å². The van der Waals surface area contributed by atoms with Crippen LogP contribution < -0.4 is 0 Å². The van der Waals surface area contributed by atoms with Gasteiger partial charge in [-0.2, -0.15) is 0 Å². The van der Waals surface area contributed by atoms with E-state index in [0.29, 0.717) is 0 Å². The maximum Gasteiger partial charge on any atom is 0.113 e. The number of furan rings is 1. The van der Waals surface area contributed by atoms with Gasteiger partial charge in [0.15, 0.2) is 0 Å². The third kappa shape index (κ3) is 3.93. The average Bonchev–Trinajstić information content (AvgIpc) is 3.07. The number of pyridine rings is 2. The normalized spacial score (nSPS) is 10.8. The van der Waals surface area contributed by atoms with Crippen LogP contribution >= 0.6 is 23.5 Å². The molecule has 3 aromatic heterocycles. The van der Waals surface area contributed by atoms with E-state index in [0.717, 1.165) is 23.0 Å². The molecule has 0 spiro atoms. The molecule has 0 aromatic carbocycles. The van der Waals surface area contributed by atoms with Crippen LogP contribution in [-0.2, 0) is 11.5 Å². The molecule has 112 valence electrons. The Balaban J connectivity index is 1.66. The van der Waals surface area contributed by atoms with Crippen molar-refractivity contribution in [2.45, 2.75) is 28.2 Å². The van der Waals surface area contributed by atoms with Crippen molar-refractivity contribution in [3.05, 3.63) is 72.2 Å². The molecule has 0 fully saturated rings. The molecule has 0 saturated carbocycles. The number of hydrogen-bond donors (Lipinski definition) is 0. The van der Waals surface area contributed by atoms with Crippen molar-refractivity contribution >= 4 is 23.5 Å². The minimum atomic E-state index is 0.842. The van der Waals surface area contributed by atoms with Crippen LogP contribution in [0.3, 0.4) is 0 Å². The lowest BCUT2D eigenvalue weighted by Gasteiger charge is -2.09. The summed E-state index contributed by atoms with van der Waals surface area (Å²) in [5.74, 6) is 2.70. The highest BCUT2D eigenvalue weighted by Crippen LogP contribution is 2.30. The summed E-state index contributed by atoms with van der Waals surface area (Å²) in [4.78, 5) is 11.0. The minimum Gasteiger partial charge on any atom is -0.468 e. The first kappa shape index (κ1) is 15.2. The largest absolute Gasteiger partial charge is 0.468 e. The SMILES string of the molecule is Cc1c(SCc2ccco2)ccnc1CSc1ccncc1. The van der Waals surface area contributed by atoms with E-state index >= 15 is 0 Å². The summed E-state index contributed by atoms with van der Waals surface area (Å²) < 4.78 is 5.38. The molecule has 22 heavy (non-hydrogen) atoms. The molecule has 5 heteroatoms. The molecule has 0 atom stereocenters. The van der Waals surface area contributed by atoms with Gasteiger partial charge in [-0.15, -0.1) is 23.5 Å². The Morgan fingerprint density at radius 1 is 1.00 bits per heavy atom. The molecule has 0 amide bonds. The molecule has 0 aliphatic rings. The molecule has 3 rings (SSSR count). The van der Waals surface area contributed by atoms with Crippen LogP contribution in [0, 0.1) is 6.92 Å². The highest BCUT2D eigenvalue weighted by atomic mass is 32.2. The Kier molecular flexibility index (Phi) is 5.19. The monoisotopic (exact) mass is 328 g/mol. The molecular formula is C17H16N2OS2. The second kappa shape index (κ2) is 7.51. The van der Waals surface area contributed by atoms with Crippen LogP contribution in [0.2, 0.25) is 0 Å². The van der Waals surface area contributed by atoms with Gasteiger partial charge in [0.1, 0.15) is 5.76 Å². The highest BCUT2D eigenvalue weighted by Gasteiger charge is 2.08. The molecule has 0 aliphatic heterocycles. The number of aromatic nitrogens is 2. The molecule has 0 unspecified atom stereocenters. The lowest BCUT2D eigenvalue weighted by atomic mass is 10.2. The third-order valence-corrected chi connectivity index (χ3v) is 5.44. The zero-order chi connectivity index (χ0) is 15.2. The van der Waals surface area contributed by atoms with Crippen molar-refractivity contribution in [1.29, 1.82) is 0 Å². The topological polar surface area (TPSA) is 38.9 Å². The fraction of sp³-hybridized carbons (Fsp3) is 0.176. The molecule has 3 heterocycles. The van der Waals surface area contributed by atoms with Gasteiger partial charge in [0, 0.05) is 34.1 Å². The number of rotatable bonds is 6. The fourth-order valence-corrected chi connectivity index (χ4v) is 3.85. The molecule has 0 N–H and O–H groups in total. The van der Waals surface area contributed by atoms with Crippen LogP contribution in [0.1, 0.15) is 17.0 Å². The van der Waals surface area contributed by atoms with Gasteiger partial charge in [-0.05, 0) is 42.8 Å². The van der Waals surface area contributed by atoms with Crippen LogP contribution in [0.15, 0.2) is 69.4 Å².